The molecule has 5 aliphatic rings. The number of imide groups is 2. The lowest BCUT2D eigenvalue weighted by Gasteiger charge is -2.49. The van der Waals surface area contributed by atoms with E-state index in [2.05, 4.69) is 25.1 Å². The Hall–Kier alpha value is -6.88. The predicted molar refractivity (Wildman–Crippen MR) is 219 cm³/mol. The Bertz CT molecular complexity index is 2520. The molecule has 4 fully saturated rings. The first-order valence-corrected chi connectivity index (χ1v) is 20.4. The highest BCUT2D eigenvalue weighted by Crippen LogP contribution is 2.36. The molecule has 60 heavy (non-hydrogen) atoms. The molecule has 3 aromatic carbocycles. The molecule has 1 atom stereocenters. The van der Waals surface area contributed by atoms with E-state index in [-0.39, 0.29) is 42.1 Å². The van der Waals surface area contributed by atoms with Crippen LogP contribution in [0, 0.1) is 0 Å². The van der Waals surface area contributed by atoms with Crippen molar-refractivity contribution in [1.29, 1.82) is 0 Å². The first-order valence-electron chi connectivity index (χ1n) is 20.4. The lowest BCUT2D eigenvalue weighted by molar-refractivity contribution is -0.136. The summed E-state index contributed by atoms with van der Waals surface area (Å²) in [6.07, 6.45) is 3.12. The summed E-state index contributed by atoms with van der Waals surface area (Å²) in [5.74, 6) is -0.216. The van der Waals surface area contributed by atoms with Crippen LogP contribution in [-0.4, -0.2) is 133 Å². The molecule has 0 aliphatic carbocycles. The minimum absolute atomic E-state index is 0.0364. The Morgan fingerprint density at radius 3 is 2.20 bits per heavy atom. The van der Waals surface area contributed by atoms with Gasteiger partial charge in [0.15, 0.2) is 5.65 Å². The molecule has 3 N–H and O–H groups in total. The molecule has 7 heterocycles. The van der Waals surface area contributed by atoms with Crippen LogP contribution in [-0.2, 0) is 9.59 Å². The van der Waals surface area contributed by atoms with E-state index in [9.17, 15) is 24.0 Å². The molecule has 0 bridgehead atoms. The molecular weight excluding hydrogens is 767 g/mol. The summed E-state index contributed by atoms with van der Waals surface area (Å²) in [5, 5.41) is 7.98. The number of nitrogens with zero attached hydrogens (tertiary/aromatic N) is 9. The third-order valence-electron chi connectivity index (χ3n) is 12.5. The van der Waals surface area contributed by atoms with Crippen molar-refractivity contribution in [1.82, 2.24) is 44.7 Å². The molecule has 5 aliphatic heterocycles. The summed E-state index contributed by atoms with van der Waals surface area (Å²) in [7, 11) is 0. The van der Waals surface area contributed by atoms with E-state index in [4.69, 9.17) is 15.6 Å². The first kappa shape index (κ1) is 37.4. The van der Waals surface area contributed by atoms with Crippen molar-refractivity contribution in [2.75, 3.05) is 63.0 Å². The molecule has 0 unspecified atom stereocenters. The number of hydrogen-bond donors (Lipinski definition) is 2. The van der Waals surface area contributed by atoms with Gasteiger partial charge in [0.2, 0.25) is 11.8 Å². The minimum Gasteiger partial charge on any atom is -0.457 e. The van der Waals surface area contributed by atoms with Crippen LogP contribution < -0.4 is 20.7 Å². The van der Waals surface area contributed by atoms with Gasteiger partial charge in [0, 0.05) is 76.1 Å². The van der Waals surface area contributed by atoms with Gasteiger partial charge in [-0.05, 0) is 73.9 Å². The van der Waals surface area contributed by atoms with Crippen molar-refractivity contribution in [2.24, 2.45) is 0 Å². The van der Waals surface area contributed by atoms with Gasteiger partial charge in [0.1, 0.15) is 35.4 Å². The fourth-order valence-electron chi connectivity index (χ4n) is 9.10. The smallest absolute Gasteiger partial charge is 0.320 e. The van der Waals surface area contributed by atoms with Gasteiger partial charge < -0.3 is 25.2 Å². The number of rotatable bonds is 7. The molecule has 0 spiro atoms. The second-order valence-corrected chi connectivity index (χ2v) is 15.9. The van der Waals surface area contributed by atoms with Crippen LogP contribution in [0.2, 0.25) is 0 Å². The quantitative estimate of drug-likeness (QED) is 0.228. The van der Waals surface area contributed by atoms with Crippen molar-refractivity contribution in [2.45, 2.75) is 43.8 Å². The van der Waals surface area contributed by atoms with E-state index in [1.54, 1.807) is 12.1 Å². The number of urea groups is 1. The number of nitrogens with two attached hydrogens (primary N) is 1. The second kappa shape index (κ2) is 15.1. The topological polar surface area (TPSA) is 192 Å². The summed E-state index contributed by atoms with van der Waals surface area (Å²) in [5.41, 5.74) is 10.1. The third-order valence-corrected chi connectivity index (χ3v) is 12.5. The van der Waals surface area contributed by atoms with Gasteiger partial charge in [0.25, 0.3) is 11.8 Å². The second-order valence-electron chi connectivity index (χ2n) is 15.9. The van der Waals surface area contributed by atoms with Gasteiger partial charge in [-0.15, -0.1) is 0 Å². The Morgan fingerprint density at radius 2 is 1.47 bits per heavy atom. The zero-order chi connectivity index (χ0) is 41.1. The molecule has 4 saturated heterocycles. The number of carbonyl (C=O) groups excluding carboxylic acids is 5. The fourth-order valence-corrected chi connectivity index (χ4v) is 9.10. The van der Waals surface area contributed by atoms with Gasteiger partial charge in [-0.25, -0.2) is 19.4 Å². The fraction of sp³-hybridized carbons (Fsp3) is 0.349. The maximum absolute atomic E-state index is 13.6. The van der Waals surface area contributed by atoms with Crippen molar-refractivity contribution in [3.8, 4) is 22.8 Å². The van der Waals surface area contributed by atoms with Gasteiger partial charge in [-0.1, -0.05) is 18.2 Å². The number of nitrogens with one attached hydrogen (secondary N) is 1. The number of piperazine rings is 1. The number of hydrogen-bond acceptors (Lipinski definition) is 12. The lowest BCUT2D eigenvalue weighted by Crippen LogP contribution is -2.66. The van der Waals surface area contributed by atoms with Crippen LogP contribution in [0.15, 0.2) is 79.1 Å². The number of anilines is 2. The number of piperidine rings is 2. The molecule has 17 heteroatoms. The summed E-state index contributed by atoms with van der Waals surface area (Å²) in [4.78, 5) is 82.6. The molecule has 2 aromatic heterocycles. The molecule has 6 amide bonds. The highest BCUT2D eigenvalue weighted by molar-refractivity contribution is 6.23. The van der Waals surface area contributed by atoms with Crippen LogP contribution in [0.25, 0.3) is 22.3 Å². The van der Waals surface area contributed by atoms with E-state index in [0.717, 1.165) is 60.9 Å². The molecule has 0 radical (unpaired) electrons. The van der Waals surface area contributed by atoms with E-state index >= 15 is 0 Å². The summed E-state index contributed by atoms with van der Waals surface area (Å²) >= 11 is 0. The Morgan fingerprint density at radius 1 is 0.750 bits per heavy atom. The Labute approximate surface area is 344 Å². The van der Waals surface area contributed by atoms with Crippen LogP contribution in [0.5, 0.6) is 11.5 Å². The highest BCUT2D eigenvalue weighted by Gasteiger charge is 2.45. The molecule has 10 rings (SSSR count). The molecule has 17 nitrogen and oxygen atoms in total. The number of benzene rings is 3. The Kier molecular flexibility index (Phi) is 9.38. The Balaban J connectivity index is 0.723. The summed E-state index contributed by atoms with van der Waals surface area (Å²) < 4.78 is 7.94. The zero-order valence-corrected chi connectivity index (χ0v) is 32.8. The first-order chi connectivity index (χ1) is 29.2. The predicted octanol–water partition coefficient (Wildman–Crippen LogP) is 3.53. The van der Waals surface area contributed by atoms with Gasteiger partial charge >= 0.3 is 6.03 Å². The highest BCUT2D eigenvalue weighted by atomic mass is 16.5. The van der Waals surface area contributed by atoms with E-state index in [1.807, 2.05) is 75.1 Å². The van der Waals surface area contributed by atoms with Gasteiger partial charge in [-0.2, -0.15) is 5.10 Å². The summed E-state index contributed by atoms with van der Waals surface area (Å²) in [6, 6.07) is 22.0. The van der Waals surface area contributed by atoms with E-state index < -0.39 is 29.7 Å². The van der Waals surface area contributed by atoms with E-state index in [0.29, 0.717) is 54.5 Å². The molecular formula is C43H43N11O6. The van der Waals surface area contributed by atoms with Crippen LogP contribution in [0.4, 0.5) is 16.3 Å². The van der Waals surface area contributed by atoms with Crippen LogP contribution >= 0.6 is 0 Å². The van der Waals surface area contributed by atoms with Crippen molar-refractivity contribution >= 4 is 52.2 Å². The third kappa shape index (κ3) is 6.63. The van der Waals surface area contributed by atoms with Crippen LogP contribution in [0.3, 0.4) is 0 Å². The van der Waals surface area contributed by atoms with Crippen molar-refractivity contribution < 1.29 is 28.7 Å². The number of nitrogen functional groups attached to an aromatic ring is 1. The van der Waals surface area contributed by atoms with E-state index in [1.165, 1.54) is 6.33 Å². The lowest BCUT2D eigenvalue weighted by atomic mass is 10.0. The number of likely N-dealkylation sites (tertiary alicyclic amines) is 2. The average Bonchev–Trinajstić information content (AvgIpc) is 3.76. The number of fused-ring (bicyclic) bond motifs is 2. The van der Waals surface area contributed by atoms with Gasteiger partial charge in [-0.3, -0.25) is 34.3 Å². The van der Waals surface area contributed by atoms with Crippen LogP contribution in [0.1, 0.15) is 52.4 Å². The monoisotopic (exact) mass is 809 g/mol. The number of aromatic nitrogens is 4. The van der Waals surface area contributed by atoms with Crippen molar-refractivity contribution in [3.63, 3.8) is 0 Å². The average molecular weight is 810 g/mol. The molecule has 0 saturated carbocycles. The zero-order valence-electron chi connectivity index (χ0n) is 32.8. The number of carbonyl (C=O) groups is 5. The molecule has 306 valence electrons. The maximum atomic E-state index is 13.6. The van der Waals surface area contributed by atoms with Gasteiger partial charge in [0.05, 0.1) is 22.6 Å². The summed E-state index contributed by atoms with van der Waals surface area (Å²) in [6.45, 7) is 5.59. The number of para-hydroxylation sites is 1. The molecule has 5 aromatic rings. The largest absolute Gasteiger partial charge is 0.457 e. The number of ether oxygens (including phenoxy) is 1. The standard InChI is InChI=1S/C43H43N11O6/c44-38-36-37(26-6-9-31(10-7-26)60-30-4-2-1-3-5-30)48-54(39(36)46-25-45-38)27-14-16-51(17-15-27)43(59)52-23-29(24-52)50-20-18-49(19-21-50)28-8-11-32-33(22-28)42(58)53(41(32)57)34-12-13-35(55)47-40(34)56/h1-11,22,25,27,29,34H,12-21,23-24H2,(H2,44,45,46)(H,47,55,56)/t34-/m0/s1. The maximum Gasteiger partial charge on any atom is 0.320 e. The number of amides is 6. The minimum atomic E-state index is -0.993. The van der Waals surface area contributed by atoms with Crippen molar-refractivity contribution in [3.05, 3.63) is 90.3 Å². The SMILES string of the molecule is Nc1ncnc2c1c(-c1ccc(Oc3ccccc3)cc1)nn2C1CCN(C(=O)N2CC(N3CCN(c4ccc5c(c4)C(=O)N([C@H]4CCC(=O)NC4=O)C5=O)CC3)C2)CC1. The normalized spacial score (nSPS) is 20.4.